The number of nitrogens with zero attached hydrogens (tertiary/aromatic N) is 2. The van der Waals surface area contributed by atoms with Gasteiger partial charge in [0, 0.05) is 12.0 Å². The van der Waals surface area contributed by atoms with E-state index in [1.807, 2.05) is 43.3 Å². The lowest BCUT2D eigenvalue weighted by molar-refractivity contribution is 0.200. The van der Waals surface area contributed by atoms with Crippen molar-refractivity contribution in [2.45, 2.75) is 51.0 Å². The molecule has 1 aliphatic rings. The Morgan fingerprint density at radius 2 is 1.90 bits per heavy atom. The molecule has 1 unspecified atom stereocenters. The Morgan fingerprint density at radius 1 is 1.10 bits per heavy atom. The van der Waals surface area contributed by atoms with Crippen molar-refractivity contribution in [2.24, 2.45) is 0 Å². The van der Waals surface area contributed by atoms with Gasteiger partial charge in [-0.3, -0.25) is 0 Å². The maximum absolute atomic E-state index is 6.31. The molecular weight excluding hydrogens is 392 g/mol. The second-order valence-electron chi connectivity index (χ2n) is 7.56. The normalized spacial score (nSPS) is 14.7. The summed E-state index contributed by atoms with van der Waals surface area (Å²) in [6.45, 7) is 1.92. The van der Waals surface area contributed by atoms with E-state index in [9.17, 15) is 0 Å². The van der Waals surface area contributed by atoms with Gasteiger partial charge in [-0.15, -0.1) is 0 Å². The van der Waals surface area contributed by atoms with Gasteiger partial charge in [0.25, 0.3) is 0 Å². The number of aromatic nitrogens is 2. The molecule has 1 saturated carbocycles. The lowest BCUT2D eigenvalue weighted by Gasteiger charge is -2.18. The molecule has 1 aromatic heterocycles. The molecule has 154 valence electrons. The first-order valence-corrected chi connectivity index (χ1v) is 11.2. The zero-order valence-electron chi connectivity index (χ0n) is 17.4. The van der Waals surface area contributed by atoms with Crippen LogP contribution in [0.4, 0.5) is 0 Å². The molecule has 2 aromatic carbocycles. The van der Waals surface area contributed by atoms with Crippen LogP contribution in [0.3, 0.4) is 0 Å². The summed E-state index contributed by atoms with van der Waals surface area (Å²) in [6.07, 6.45) is 5.67. The number of hydrogen-bond acceptors (Lipinski definition) is 5. The standard InChI is InChI=1S/C25H26N2O2S/c1-18-26-25(30-27-18)17-21(13-12-19-8-4-3-5-9-19)20-14-15-23(28-2)24(16-20)29-22-10-6-7-11-22/h3-5,8-9,14-16,21-22H,6-7,10-11,17H2,1-2H3. The molecule has 1 fully saturated rings. The minimum Gasteiger partial charge on any atom is -0.493 e. The summed E-state index contributed by atoms with van der Waals surface area (Å²) in [5.74, 6) is 9.17. The molecular formula is C25H26N2O2S. The highest BCUT2D eigenvalue weighted by molar-refractivity contribution is 7.05. The summed E-state index contributed by atoms with van der Waals surface area (Å²) in [5, 5.41) is 0.994. The maximum Gasteiger partial charge on any atom is 0.161 e. The minimum absolute atomic E-state index is 0.00519. The lowest BCUT2D eigenvalue weighted by atomic mass is 9.95. The van der Waals surface area contributed by atoms with E-state index in [1.54, 1.807) is 7.11 Å². The van der Waals surface area contributed by atoms with Crippen LogP contribution >= 0.6 is 11.5 Å². The van der Waals surface area contributed by atoms with Crippen LogP contribution in [0.25, 0.3) is 0 Å². The van der Waals surface area contributed by atoms with Gasteiger partial charge in [-0.1, -0.05) is 36.1 Å². The Kier molecular flexibility index (Phi) is 6.66. The first kappa shape index (κ1) is 20.4. The van der Waals surface area contributed by atoms with Crippen molar-refractivity contribution in [3.8, 4) is 23.3 Å². The number of benzene rings is 2. The fourth-order valence-electron chi connectivity index (χ4n) is 3.73. The summed E-state index contributed by atoms with van der Waals surface area (Å²) in [7, 11) is 1.69. The van der Waals surface area contributed by atoms with Crippen molar-refractivity contribution < 1.29 is 9.47 Å². The number of rotatable bonds is 6. The van der Waals surface area contributed by atoms with Gasteiger partial charge in [-0.25, -0.2) is 4.98 Å². The molecule has 0 N–H and O–H groups in total. The summed E-state index contributed by atoms with van der Waals surface area (Å²) in [6, 6.07) is 16.2. The molecule has 1 atom stereocenters. The Balaban J connectivity index is 1.65. The smallest absolute Gasteiger partial charge is 0.161 e. The van der Waals surface area contributed by atoms with Gasteiger partial charge in [0.2, 0.25) is 0 Å². The molecule has 4 rings (SSSR count). The third kappa shape index (κ3) is 5.20. The molecule has 0 amide bonds. The predicted octanol–water partition coefficient (Wildman–Crippen LogP) is 5.55. The summed E-state index contributed by atoms with van der Waals surface area (Å²) in [5.41, 5.74) is 2.12. The monoisotopic (exact) mass is 418 g/mol. The second kappa shape index (κ2) is 9.77. The Labute approximate surface area is 182 Å². The number of hydrogen-bond donors (Lipinski definition) is 0. The maximum atomic E-state index is 6.31. The van der Waals surface area contributed by atoms with Crippen LogP contribution in [0, 0.1) is 18.8 Å². The Morgan fingerprint density at radius 3 is 2.60 bits per heavy atom. The predicted molar refractivity (Wildman–Crippen MR) is 120 cm³/mol. The van der Waals surface area contributed by atoms with E-state index in [0.29, 0.717) is 0 Å². The molecule has 3 aromatic rings. The number of methoxy groups -OCH3 is 1. The number of ether oxygens (including phenoxy) is 2. The third-order valence-corrected chi connectivity index (χ3v) is 6.12. The van der Waals surface area contributed by atoms with E-state index in [4.69, 9.17) is 9.47 Å². The van der Waals surface area contributed by atoms with Crippen LogP contribution < -0.4 is 9.47 Å². The highest BCUT2D eigenvalue weighted by Crippen LogP contribution is 2.35. The van der Waals surface area contributed by atoms with Gasteiger partial charge < -0.3 is 9.47 Å². The van der Waals surface area contributed by atoms with Crippen molar-refractivity contribution in [3.05, 3.63) is 70.5 Å². The van der Waals surface area contributed by atoms with Crippen LogP contribution in [0.15, 0.2) is 48.5 Å². The van der Waals surface area contributed by atoms with E-state index in [0.717, 1.165) is 52.7 Å². The SMILES string of the molecule is COc1ccc(C(C#Cc2ccccc2)Cc2nc(C)ns2)cc1OC1CCCC1. The van der Waals surface area contributed by atoms with Gasteiger partial charge >= 0.3 is 0 Å². The topological polar surface area (TPSA) is 44.2 Å². The summed E-state index contributed by atoms with van der Waals surface area (Å²) in [4.78, 5) is 4.55. The van der Waals surface area contributed by atoms with Crippen LogP contribution in [-0.4, -0.2) is 22.6 Å². The molecule has 0 aliphatic heterocycles. The molecule has 0 saturated heterocycles. The summed E-state index contributed by atoms with van der Waals surface area (Å²) >= 11 is 1.45. The first-order chi connectivity index (χ1) is 14.7. The van der Waals surface area contributed by atoms with Gasteiger partial charge in [0.05, 0.1) is 19.1 Å². The number of aryl methyl sites for hydroxylation is 1. The average Bonchev–Trinajstić information content (AvgIpc) is 3.43. The van der Waals surface area contributed by atoms with Crippen molar-refractivity contribution in [3.63, 3.8) is 0 Å². The molecule has 30 heavy (non-hydrogen) atoms. The molecule has 4 nitrogen and oxygen atoms in total. The quantitative estimate of drug-likeness (QED) is 0.492. The molecule has 0 spiro atoms. The second-order valence-corrected chi connectivity index (χ2v) is 8.40. The van der Waals surface area contributed by atoms with Crippen molar-refractivity contribution in [1.82, 2.24) is 9.36 Å². The first-order valence-electron chi connectivity index (χ1n) is 10.4. The van der Waals surface area contributed by atoms with Crippen molar-refractivity contribution in [2.75, 3.05) is 7.11 Å². The van der Waals surface area contributed by atoms with Crippen molar-refractivity contribution in [1.29, 1.82) is 0 Å². The highest BCUT2D eigenvalue weighted by atomic mass is 32.1. The van der Waals surface area contributed by atoms with E-state index in [2.05, 4.69) is 33.3 Å². The Bertz CT molecular complexity index is 1030. The largest absolute Gasteiger partial charge is 0.493 e. The zero-order chi connectivity index (χ0) is 20.8. The molecule has 0 radical (unpaired) electrons. The summed E-state index contributed by atoms with van der Waals surface area (Å²) < 4.78 is 16.2. The molecule has 1 heterocycles. The van der Waals surface area contributed by atoms with Crippen LogP contribution in [0.1, 0.15) is 53.6 Å². The zero-order valence-corrected chi connectivity index (χ0v) is 18.2. The van der Waals surface area contributed by atoms with E-state index in [1.165, 1.54) is 24.4 Å². The molecule has 0 bridgehead atoms. The average molecular weight is 419 g/mol. The van der Waals surface area contributed by atoms with Gasteiger partial charge in [0.15, 0.2) is 11.5 Å². The van der Waals surface area contributed by atoms with Crippen LogP contribution in [0.2, 0.25) is 0 Å². The fourth-order valence-corrected chi connectivity index (χ4v) is 4.42. The third-order valence-electron chi connectivity index (χ3n) is 5.30. The van der Waals surface area contributed by atoms with Gasteiger partial charge in [-0.2, -0.15) is 4.37 Å². The minimum atomic E-state index is -0.00519. The molecule has 1 aliphatic carbocycles. The van der Waals surface area contributed by atoms with Crippen molar-refractivity contribution >= 4 is 11.5 Å². The fraction of sp³-hybridized carbons (Fsp3) is 0.360. The lowest BCUT2D eigenvalue weighted by Crippen LogP contribution is -2.12. The Hall–Kier alpha value is -2.84. The highest BCUT2D eigenvalue weighted by Gasteiger charge is 2.20. The van der Waals surface area contributed by atoms with E-state index in [-0.39, 0.29) is 12.0 Å². The molecule has 5 heteroatoms. The van der Waals surface area contributed by atoms with E-state index < -0.39 is 0 Å². The van der Waals surface area contributed by atoms with E-state index >= 15 is 0 Å². The van der Waals surface area contributed by atoms with Crippen LogP contribution in [0.5, 0.6) is 11.5 Å². The van der Waals surface area contributed by atoms with Gasteiger partial charge in [-0.05, 0) is 74.0 Å². The van der Waals surface area contributed by atoms with Crippen LogP contribution in [-0.2, 0) is 6.42 Å². The van der Waals surface area contributed by atoms with Gasteiger partial charge in [0.1, 0.15) is 10.8 Å².